The summed E-state index contributed by atoms with van der Waals surface area (Å²) in [5.74, 6) is 0.396. The van der Waals surface area contributed by atoms with Crippen LogP contribution < -0.4 is 10.6 Å². The zero-order chi connectivity index (χ0) is 26.0. The molecule has 0 saturated carbocycles. The van der Waals surface area contributed by atoms with Gasteiger partial charge in [-0.3, -0.25) is 5.32 Å². The first kappa shape index (κ1) is 27.0. The predicted molar refractivity (Wildman–Crippen MR) is 141 cm³/mol. The normalized spacial score (nSPS) is 20.7. The number of fused-ring (bicyclic) bond motifs is 1. The Labute approximate surface area is 214 Å². The summed E-state index contributed by atoms with van der Waals surface area (Å²) in [6.07, 6.45) is 4.79. The maximum atomic E-state index is 12.9. The van der Waals surface area contributed by atoms with Crippen LogP contribution in [0.15, 0.2) is 18.5 Å². The predicted octanol–water partition coefficient (Wildman–Crippen LogP) is 2.70. The number of carbonyl (C=O) groups excluding carboxylic acids is 1. The molecule has 2 saturated heterocycles. The molecule has 2 aliphatic rings. The van der Waals surface area contributed by atoms with E-state index >= 15 is 0 Å². The molecule has 2 aromatic heterocycles. The zero-order valence-electron chi connectivity index (χ0n) is 21.6. The van der Waals surface area contributed by atoms with Crippen LogP contribution in [0.2, 0.25) is 25.7 Å². The van der Waals surface area contributed by atoms with Crippen molar-refractivity contribution in [2.75, 3.05) is 44.0 Å². The lowest BCUT2D eigenvalue weighted by atomic mass is 9.92. The molecule has 13 heteroatoms. The molecule has 0 aromatic carbocycles. The van der Waals surface area contributed by atoms with E-state index in [0.29, 0.717) is 56.3 Å². The monoisotopic (exact) mass is 538 g/mol. The molecule has 2 amide bonds. The van der Waals surface area contributed by atoms with E-state index in [9.17, 15) is 13.2 Å². The summed E-state index contributed by atoms with van der Waals surface area (Å²) in [5.41, 5.74) is 1.02. The van der Waals surface area contributed by atoms with Gasteiger partial charge in [-0.2, -0.15) is 4.31 Å². The number of hydrogen-bond acceptors (Lipinski definition) is 7. The molecule has 2 N–H and O–H groups in total. The second-order valence-electron chi connectivity index (χ2n) is 11.5. The summed E-state index contributed by atoms with van der Waals surface area (Å²) in [5, 5.41) is 5.61. The largest absolute Gasteiger partial charge is 0.380 e. The summed E-state index contributed by atoms with van der Waals surface area (Å²) >= 11 is 0. The Morgan fingerprint density at radius 3 is 2.81 bits per heavy atom. The molecule has 1 unspecified atom stereocenters. The molecule has 0 aliphatic carbocycles. The van der Waals surface area contributed by atoms with Crippen LogP contribution in [0.4, 0.5) is 10.6 Å². The van der Waals surface area contributed by atoms with E-state index < -0.39 is 24.1 Å². The van der Waals surface area contributed by atoms with E-state index in [2.05, 4.69) is 40.2 Å². The molecule has 0 spiro atoms. The highest BCUT2D eigenvalue weighted by Crippen LogP contribution is 2.30. The van der Waals surface area contributed by atoms with Gasteiger partial charge in [-0.25, -0.2) is 23.2 Å². The number of amides is 2. The smallest absolute Gasteiger partial charge is 0.320 e. The maximum absolute atomic E-state index is 12.9. The van der Waals surface area contributed by atoms with Gasteiger partial charge in [-0.1, -0.05) is 26.6 Å². The van der Waals surface area contributed by atoms with Gasteiger partial charge in [0.05, 0.1) is 25.2 Å². The molecule has 2 fully saturated rings. The summed E-state index contributed by atoms with van der Waals surface area (Å²) in [6.45, 7) is 11.7. The Balaban J connectivity index is 1.29. The van der Waals surface area contributed by atoms with Gasteiger partial charge in [0, 0.05) is 45.4 Å². The van der Waals surface area contributed by atoms with Crippen LogP contribution in [0.3, 0.4) is 0 Å². The zero-order valence-corrected chi connectivity index (χ0v) is 23.4. The average Bonchev–Trinajstić information content (AvgIpc) is 3.17. The van der Waals surface area contributed by atoms with Crippen molar-refractivity contribution >= 4 is 41.1 Å². The van der Waals surface area contributed by atoms with Gasteiger partial charge in [0.15, 0.2) is 11.5 Å². The summed E-state index contributed by atoms with van der Waals surface area (Å²) < 4.78 is 40.2. The molecule has 0 radical (unpaired) electrons. The highest BCUT2D eigenvalue weighted by molar-refractivity contribution is 7.89. The van der Waals surface area contributed by atoms with Crippen molar-refractivity contribution in [3.63, 3.8) is 0 Å². The summed E-state index contributed by atoms with van der Waals surface area (Å²) in [4.78, 5) is 21.6. The van der Waals surface area contributed by atoms with Crippen molar-refractivity contribution in [1.82, 2.24) is 24.2 Å². The van der Waals surface area contributed by atoms with Gasteiger partial charge in [-0.05, 0) is 25.0 Å². The van der Waals surface area contributed by atoms with E-state index in [1.165, 1.54) is 10.5 Å². The number of nitrogens with one attached hydrogen (secondary N) is 2. The Morgan fingerprint density at radius 2 is 2.11 bits per heavy atom. The fraction of sp³-hybridized carbons (Fsp3) is 0.696. The number of anilines is 1. The molecule has 2 aromatic rings. The first-order valence-corrected chi connectivity index (χ1v) is 17.8. The van der Waals surface area contributed by atoms with E-state index in [-0.39, 0.29) is 23.8 Å². The molecule has 11 nitrogen and oxygen atoms in total. The van der Waals surface area contributed by atoms with Crippen LogP contribution in [0.1, 0.15) is 19.8 Å². The van der Waals surface area contributed by atoms with E-state index in [1.807, 2.05) is 23.8 Å². The molecular weight excluding hydrogens is 500 g/mol. The number of nitrogens with zero attached hydrogens (tertiary/aromatic N) is 4. The molecule has 1 atom stereocenters. The maximum Gasteiger partial charge on any atom is 0.320 e. The quantitative estimate of drug-likeness (QED) is 0.352. The Bertz CT molecular complexity index is 1180. The van der Waals surface area contributed by atoms with Crippen LogP contribution >= 0.6 is 0 Å². The topological polar surface area (TPSA) is 128 Å². The summed E-state index contributed by atoms with van der Waals surface area (Å²) in [7, 11) is -4.56. The number of carbonyl (C=O) groups is 1. The lowest BCUT2D eigenvalue weighted by Crippen LogP contribution is -2.54. The van der Waals surface area contributed by atoms with Gasteiger partial charge in [0.2, 0.25) is 10.0 Å². The SMILES string of the molecule is CC1(CS(=O)(=O)N2CCCC(NC(=O)Nc3cnc4c(ccn4COCC[Si](C)(C)C)n3)C2)COC1. The number of piperidine rings is 1. The number of sulfonamides is 1. The fourth-order valence-corrected chi connectivity index (χ4v) is 7.18. The molecule has 4 rings (SSSR count). The number of urea groups is 1. The first-order valence-electron chi connectivity index (χ1n) is 12.5. The molecule has 36 heavy (non-hydrogen) atoms. The number of aromatic nitrogens is 3. The average molecular weight is 539 g/mol. The molecule has 4 heterocycles. The van der Waals surface area contributed by atoms with E-state index in [0.717, 1.165) is 12.7 Å². The third kappa shape index (κ3) is 7.03. The fourth-order valence-electron chi connectivity index (χ4n) is 4.38. The molecule has 0 bridgehead atoms. The van der Waals surface area contributed by atoms with Gasteiger partial charge in [0.1, 0.15) is 12.2 Å². The summed E-state index contributed by atoms with van der Waals surface area (Å²) in [6, 6.07) is 2.23. The van der Waals surface area contributed by atoms with E-state index in [4.69, 9.17) is 9.47 Å². The van der Waals surface area contributed by atoms with Crippen LogP contribution in [0.25, 0.3) is 11.2 Å². The van der Waals surface area contributed by atoms with Crippen molar-refractivity contribution in [3.05, 3.63) is 18.5 Å². The van der Waals surface area contributed by atoms with Crippen molar-refractivity contribution in [2.45, 2.75) is 58.2 Å². The standard InChI is InChI=1S/C23H38N6O5SSi/c1-23(14-34-15-23)16-35(31,32)29-8-5-6-18(13-29)25-22(30)27-20-12-24-21-19(26-20)7-9-28(21)17-33-10-11-36(2,3)4/h7,9,12,18H,5-6,8,10-11,13-17H2,1-4H3,(H2,25,26,27,30). The van der Waals surface area contributed by atoms with E-state index in [1.54, 1.807) is 0 Å². The third-order valence-electron chi connectivity index (χ3n) is 6.48. The van der Waals surface area contributed by atoms with Gasteiger partial charge in [-0.15, -0.1) is 0 Å². The lowest BCUT2D eigenvalue weighted by Gasteiger charge is -2.40. The number of hydrogen-bond donors (Lipinski definition) is 2. The second kappa shape index (κ2) is 10.7. The minimum atomic E-state index is -3.42. The van der Waals surface area contributed by atoms with Gasteiger partial charge < -0.3 is 19.4 Å². The van der Waals surface area contributed by atoms with Crippen molar-refractivity contribution in [3.8, 4) is 0 Å². The first-order chi connectivity index (χ1) is 16.9. The van der Waals surface area contributed by atoms with Crippen molar-refractivity contribution in [2.24, 2.45) is 5.41 Å². The highest BCUT2D eigenvalue weighted by Gasteiger charge is 2.41. The third-order valence-corrected chi connectivity index (χ3v) is 10.4. The van der Waals surface area contributed by atoms with Crippen LogP contribution in [0.5, 0.6) is 0 Å². The van der Waals surface area contributed by atoms with Gasteiger partial charge in [0.25, 0.3) is 0 Å². The van der Waals surface area contributed by atoms with Crippen molar-refractivity contribution < 1.29 is 22.7 Å². The lowest BCUT2D eigenvalue weighted by molar-refractivity contribution is -0.0874. The minimum Gasteiger partial charge on any atom is -0.380 e. The molecule has 2 aliphatic heterocycles. The van der Waals surface area contributed by atoms with Crippen LogP contribution in [0, 0.1) is 5.41 Å². The van der Waals surface area contributed by atoms with Crippen LogP contribution in [-0.4, -0.2) is 86.1 Å². The number of ether oxygens (including phenoxy) is 2. The Morgan fingerprint density at radius 1 is 1.33 bits per heavy atom. The molecular formula is C23H38N6O5SSi. The van der Waals surface area contributed by atoms with Gasteiger partial charge >= 0.3 is 6.03 Å². The molecule has 200 valence electrons. The highest BCUT2D eigenvalue weighted by atomic mass is 32.2. The Kier molecular flexibility index (Phi) is 8.05. The minimum absolute atomic E-state index is 0.0670. The van der Waals surface area contributed by atoms with Crippen molar-refractivity contribution in [1.29, 1.82) is 0 Å². The van der Waals surface area contributed by atoms with Crippen LogP contribution in [-0.2, 0) is 26.2 Å². The number of rotatable bonds is 10. The Hall–Kier alpha value is -2.06. The second-order valence-corrected chi connectivity index (χ2v) is 19.0.